The van der Waals surface area contributed by atoms with Crippen molar-refractivity contribution in [1.29, 1.82) is 0 Å². The summed E-state index contributed by atoms with van der Waals surface area (Å²) in [5.41, 5.74) is -0.0381. The monoisotopic (exact) mass is 326 g/mol. The van der Waals surface area contributed by atoms with Gasteiger partial charge >= 0.3 is 6.09 Å². The Balaban J connectivity index is 2.74. The third-order valence-electron chi connectivity index (χ3n) is 2.71. The van der Waals surface area contributed by atoms with E-state index in [1.54, 1.807) is 45.0 Å². The number of alkyl carbamates (subject to hydrolysis) is 1. The molecule has 2 amide bonds. The highest BCUT2D eigenvalue weighted by Crippen LogP contribution is 2.16. The summed E-state index contributed by atoms with van der Waals surface area (Å²) in [6.45, 7) is 8.99. The number of halogens is 1. The van der Waals surface area contributed by atoms with E-state index in [-0.39, 0.29) is 11.8 Å². The third-order valence-corrected chi connectivity index (χ3v) is 2.95. The first-order chi connectivity index (χ1) is 10.1. The second-order valence-corrected chi connectivity index (χ2v) is 6.80. The average molecular weight is 327 g/mol. The Kier molecular flexibility index (Phi) is 6.23. The van der Waals surface area contributed by atoms with Gasteiger partial charge in [-0.2, -0.15) is 0 Å². The van der Waals surface area contributed by atoms with Crippen molar-refractivity contribution in [3.63, 3.8) is 0 Å². The van der Waals surface area contributed by atoms with E-state index < -0.39 is 17.7 Å². The largest absolute Gasteiger partial charge is 0.444 e. The minimum Gasteiger partial charge on any atom is -0.444 e. The number of hydrogen-bond donors (Lipinski definition) is 2. The number of anilines is 1. The van der Waals surface area contributed by atoms with Crippen LogP contribution in [0.15, 0.2) is 24.3 Å². The van der Waals surface area contributed by atoms with Gasteiger partial charge < -0.3 is 15.4 Å². The first kappa shape index (κ1) is 18.3. The Bertz CT molecular complexity index is 538. The number of carbonyl (C=O) groups is 2. The summed E-state index contributed by atoms with van der Waals surface area (Å²) in [4.78, 5) is 24.2. The quantitative estimate of drug-likeness (QED) is 0.883. The van der Waals surface area contributed by atoms with Gasteiger partial charge in [0.2, 0.25) is 5.91 Å². The maximum absolute atomic E-state index is 12.3. The smallest absolute Gasteiger partial charge is 0.408 e. The number of nitrogens with one attached hydrogen (secondary N) is 2. The number of hydrogen-bond acceptors (Lipinski definition) is 3. The summed E-state index contributed by atoms with van der Waals surface area (Å²) in [6, 6.07) is 6.13. The van der Waals surface area contributed by atoms with Crippen molar-refractivity contribution in [3.8, 4) is 0 Å². The summed E-state index contributed by atoms with van der Waals surface area (Å²) >= 11 is 5.89. The van der Waals surface area contributed by atoms with Crippen molar-refractivity contribution in [1.82, 2.24) is 5.32 Å². The van der Waals surface area contributed by atoms with Gasteiger partial charge in [-0.1, -0.05) is 31.5 Å². The molecule has 1 atom stereocenters. The zero-order valence-corrected chi connectivity index (χ0v) is 14.3. The minimum atomic E-state index is -0.700. The molecule has 0 radical (unpaired) electrons. The van der Waals surface area contributed by atoms with Crippen LogP contribution in [0.3, 0.4) is 0 Å². The second-order valence-electron chi connectivity index (χ2n) is 6.37. The van der Waals surface area contributed by atoms with Crippen molar-refractivity contribution in [2.45, 2.75) is 46.3 Å². The molecule has 122 valence electrons. The summed E-state index contributed by atoms with van der Waals surface area (Å²) in [6.07, 6.45) is -0.618. The molecule has 0 aliphatic carbocycles. The predicted molar refractivity (Wildman–Crippen MR) is 88.1 cm³/mol. The molecular formula is C16H23ClN2O3. The highest BCUT2D eigenvalue weighted by atomic mass is 35.5. The Morgan fingerprint density at radius 1 is 1.23 bits per heavy atom. The van der Waals surface area contributed by atoms with Crippen molar-refractivity contribution in [2.75, 3.05) is 5.32 Å². The molecule has 22 heavy (non-hydrogen) atoms. The van der Waals surface area contributed by atoms with Crippen LogP contribution in [0.1, 0.15) is 34.6 Å². The highest BCUT2D eigenvalue weighted by Gasteiger charge is 2.26. The fourth-order valence-electron chi connectivity index (χ4n) is 1.76. The van der Waals surface area contributed by atoms with Crippen LogP contribution in [0.4, 0.5) is 10.5 Å². The molecule has 2 N–H and O–H groups in total. The molecule has 1 aromatic rings. The molecule has 6 heteroatoms. The molecule has 0 bridgehead atoms. The minimum absolute atomic E-state index is 0.0910. The summed E-state index contributed by atoms with van der Waals surface area (Å²) in [7, 11) is 0. The van der Waals surface area contributed by atoms with Crippen molar-refractivity contribution in [3.05, 3.63) is 29.3 Å². The van der Waals surface area contributed by atoms with Crippen LogP contribution in [0.25, 0.3) is 0 Å². The molecule has 0 heterocycles. The second kappa shape index (κ2) is 7.49. The van der Waals surface area contributed by atoms with E-state index >= 15 is 0 Å². The van der Waals surface area contributed by atoms with Crippen LogP contribution in [0.2, 0.25) is 5.02 Å². The molecule has 0 spiro atoms. The fraction of sp³-hybridized carbons (Fsp3) is 0.500. The van der Waals surface area contributed by atoms with Crippen LogP contribution in [-0.4, -0.2) is 23.6 Å². The SMILES string of the molecule is CC(C)[C@H](NC(=O)OC(C)(C)C)C(=O)Nc1cccc(Cl)c1. The van der Waals surface area contributed by atoms with Gasteiger partial charge in [-0.05, 0) is 44.9 Å². The van der Waals surface area contributed by atoms with Crippen molar-refractivity contribution < 1.29 is 14.3 Å². The van der Waals surface area contributed by atoms with Gasteiger partial charge in [0.1, 0.15) is 11.6 Å². The Morgan fingerprint density at radius 3 is 2.36 bits per heavy atom. The molecule has 0 saturated carbocycles. The van der Waals surface area contributed by atoms with E-state index in [2.05, 4.69) is 10.6 Å². The number of ether oxygens (including phenoxy) is 1. The van der Waals surface area contributed by atoms with Crippen LogP contribution < -0.4 is 10.6 Å². The number of carbonyl (C=O) groups excluding carboxylic acids is 2. The van der Waals surface area contributed by atoms with E-state index in [0.717, 1.165) is 0 Å². The Hall–Kier alpha value is -1.75. The van der Waals surface area contributed by atoms with E-state index in [0.29, 0.717) is 10.7 Å². The van der Waals surface area contributed by atoms with Crippen LogP contribution >= 0.6 is 11.6 Å². The molecule has 0 fully saturated rings. The van der Waals surface area contributed by atoms with Gasteiger partial charge in [0.25, 0.3) is 0 Å². The summed E-state index contributed by atoms with van der Waals surface area (Å²) < 4.78 is 5.19. The lowest BCUT2D eigenvalue weighted by molar-refractivity contribution is -0.119. The molecule has 0 aliphatic heterocycles. The fourth-order valence-corrected chi connectivity index (χ4v) is 1.95. The Morgan fingerprint density at radius 2 is 1.86 bits per heavy atom. The highest BCUT2D eigenvalue weighted by molar-refractivity contribution is 6.30. The zero-order chi connectivity index (χ0) is 16.9. The van der Waals surface area contributed by atoms with E-state index in [4.69, 9.17) is 16.3 Å². The summed E-state index contributed by atoms with van der Waals surface area (Å²) in [5, 5.41) is 5.87. The van der Waals surface area contributed by atoms with Crippen LogP contribution in [0.5, 0.6) is 0 Å². The van der Waals surface area contributed by atoms with Crippen LogP contribution in [0, 0.1) is 5.92 Å². The lowest BCUT2D eigenvalue weighted by Crippen LogP contribution is -2.48. The topological polar surface area (TPSA) is 67.4 Å². The van der Waals surface area contributed by atoms with Crippen molar-refractivity contribution in [2.24, 2.45) is 5.92 Å². The maximum atomic E-state index is 12.3. The van der Waals surface area contributed by atoms with Gasteiger partial charge in [-0.3, -0.25) is 4.79 Å². The van der Waals surface area contributed by atoms with E-state index in [1.807, 2.05) is 13.8 Å². The first-order valence-corrected chi connectivity index (χ1v) is 7.52. The standard InChI is InChI=1S/C16H23ClN2O3/c1-10(2)13(19-15(21)22-16(3,4)5)14(20)18-12-8-6-7-11(17)9-12/h6-10,13H,1-5H3,(H,18,20)(H,19,21)/t13-/m0/s1. The molecule has 0 unspecified atom stereocenters. The summed E-state index contributed by atoms with van der Waals surface area (Å²) in [5.74, 6) is -0.408. The van der Waals surface area contributed by atoms with Crippen LogP contribution in [-0.2, 0) is 9.53 Å². The van der Waals surface area contributed by atoms with Gasteiger partial charge in [-0.25, -0.2) is 4.79 Å². The van der Waals surface area contributed by atoms with Gasteiger partial charge in [0, 0.05) is 10.7 Å². The third kappa shape index (κ3) is 6.35. The lowest BCUT2D eigenvalue weighted by Gasteiger charge is -2.25. The maximum Gasteiger partial charge on any atom is 0.408 e. The molecule has 5 nitrogen and oxygen atoms in total. The predicted octanol–water partition coefficient (Wildman–Crippen LogP) is 3.83. The normalized spacial score (nSPS) is 12.7. The van der Waals surface area contributed by atoms with E-state index in [9.17, 15) is 9.59 Å². The molecular weight excluding hydrogens is 304 g/mol. The molecule has 1 rings (SSSR count). The number of rotatable bonds is 4. The van der Waals surface area contributed by atoms with Gasteiger partial charge in [-0.15, -0.1) is 0 Å². The molecule has 0 aliphatic rings. The zero-order valence-electron chi connectivity index (χ0n) is 13.6. The average Bonchev–Trinajstić information content (AvgIpc) is 2.33. The molecule has 1 aromatic carbocycles. The number of benzene rings is 1. The first-order valence-electron chi connectivity index (χ1n) is 7.14. The van der Waals surface area contributed by atoms with E-state index in [1.165, 1.54) is 0 Å². The van der Waals surface area contributed by atoms with Gasteiger partial charge in [0.05, 0.1) is 0 Å². The lowest BCUT2D eigenvalue weighted by atomic mass is 10.0. The van der Waals surface area contributed by atoms with Gasteiger partial charge in [0.15, 0.2) is 0 Å². The number of amides is 2. The Labute approximate surface area is 136 Å². The molecule has 0 aromatic heterocycles. The van der Waals surface area contributed by atoms with Crippen molar-refractivity contribution >= 4 is 29.3 Å². The molecule has 0 saturated heterocycles.